The second kappa shape index (κ2) is 9.03. The number of aromatic nitrogens is 1. The van der Waals surface area contributed by atoms with Crippen molar-refractivity contribution in [3.8, 4) is 5.75 Å². The van der Waals surface area contributed by atoms with Crippen LogP contribution in [0.3, 0.4) is 0 Å². The van der Waals surface area contributed by atoms with E-state index in [0.717, 1.165) is 29.7 Å². The maximum atomic E-state index is 13.4. The summed E-state index contributed by atoms with van der Waals surface area (Å²) in [5.41, 5.74) is 9.73. The van der Waals surface area contributed by atoms with Crippen LogP contribution in [-0.4, -0.2) is 40.9 Å². The average molecular weight is 443 g/mol. The van der Waals surface area contributed by atoms with Gasteiger partial charge in [0.25, 0.3) is 5.91 Å². The van der Waals surface area contributed by atoms with Crippen LogP contribution in [0.5, 0.6) is 5.75 Å². The Balaban J connectivity index is 1.28. The Labute approximate surface area is 192 Å². The van der Waals surface area contributed by atoms with E-state index in [1.807, 2.05) is 41.3 Å². The highest BCUT2D eigenvalue weighted by Crippen LogP contribution is 2.37. The Morgan fingerprint density at radius 2 is 1.82 bits per heavy atom. The lowest BCUT2D eigenvalue weighted by molar-refractivity contribution is -0.134. The lowest BCUT2D eigenvalue weighted by Crippen LogP contribution is -2.44. The lowest BCUT2D eigenvalue weighted by Gasteiger charge is -2.31. The van der Waals surface area contributed by atoms with Crippen LogP contribution >= 0.6 is 0 Å². The molecule has 3 N–H and O–H groups in total. The smallest absolute Gasteiger partial charge is 0.255 e. The number of carbonyl (C=O) groups is 2. The minimum Gasteiger partial charge on any atom is -0.492 e. The van der Waals surface area contributed by atoms with E-state index in [2.05, 4.69) is 10.3 Å². The van der Waals surface area contributed by atoms with Gasteiger partial charge in [0.2, 0.25) is 5.91 Å². The minimum absolute atomic E-state index is 0.0752. The summed E-state index contributed by atoms with van der Waals surface area (Å²) in [4.78, 5) is 31.8. The molecule has 2 unspecified atom stereocenters. The number of rotatable bonds is 5. The lowest BCUT2D eigenvalue weighted by atomic mass is 9.95. The normalized spacial score (nSPS) is 20.1. The van der Waals surface area contributed by atoms with Crippen LogP contribution < -0.4 is 15.8 Å². The molecule has 1 saturated heterocycles. The van der Waals surface area contributed by atoms with Crippen molar-refractivity contribution in [2.75, 3.05) is 18.5 Å². The summed E-state index contributed by atoms with van der Waals surface area (Å²) in [6, 6.07) is 18.1. The van der Waals surface area contributed by atoms with Crippen LogP contribution in [0.15, 0.2) is 73.1 Å². The quantitative estimate of drug-likeness (QED) is 0.630. The third-order valence-corrected chi connectivity index (χ3v) is 6.49. The van der Waals surface area contributed by atoms with Crippen molar-refractivity contribution in [1.29, 1.82) is 0 Å². The number of carbonyl (C=O) groups excluding carboxylic acids is 2. The second-order valence-corrected chi connectivity index (χ2v) is 8.48. The molecule has 0 spiro atoms. The van der Waals surface area contributed by atoms with Gasteiger partial charge in [-0.05, 0) is 48.7 Å². The zero-order valence-electron chi connectivity index (χ0n) is 18.2. The van der Waals surface area contributed by atoms with E-state index < -0.39 is 0 Å². The van der Waals surface area contributed by atoms with Crippen molar-refractivity contribution in [3.05, 3.63) is 89.7 Å². The van der Waals surface area contributed by atoms with Gasteiger partial charge in [0.05, 0.1) is 12.1 Å². The molecule has 0 radical (unpaired) electrons. The number of hydrogen-bond acceptors (Lipinski definition) is 5. The molecule has 7 heteroatoms. The highest BCUT2D eigenvalue weighted by Gasteiger charge is 2.40. The Bertz CT molecular complexity index is 1150. The Morgan fingerprint density at radius 3 is 2.61 bits per heavy atom. The van der Waals surface area contributed by atoms with Gasteiger partial charge in [-0.3, -0.25) is 14.6 Å². The maximum Gasteiger partial charge on any atom is 0.255 e. The highest BCUT2D eigenvalue weighted by molar-refractivity contribution is 6.04. The molecule has 0 saturated carbocycles. The van der Waals surface area contributed by atoms with Gasteiger partial charge in [-0.1, -0.05) is 30.3 Å². The molecule has 0 bridgehead atoms. The van der Waals surface area contributed by atoms with E-state index in [-0.39, 0.29) is 29.8 Å². The molecular formula is C26H26N4O3. The molecule has 3 heterocycles. The number of nitrogens with one attached hydrogen (secondary N) is 1. The third-order valence-electron chi connectivity index (χ3n) is 6.49. The topological polar surface area (TPSA) is 97.5 Å². The number of ether oxygens (including phenoxy) is 1. The van der Waals surface area contributed by atoms with E-state index >= 15 is 0 Å². The monoisotopic (exact) mass is 442 g/mol. The second-order valence-electron chi connectivity index (χ2n) is 8.48. The van der Waals surface area contributed by atoms with Crippen molar-refractivity contribution in [1.82, 2.24) is 9.88 Å². The number of para-hydroxylation sites is 1. The maximum absolute atomic E-state index is 13.4. The first-order valence-corrected chi connectivity index (χ1v) is 11.2. The van der Waals surface area contributed by atoms with Crippen LogP contribution in [0, 0.1) is 0 Å². The number of nitrogens with zero attached hydrogens (tertiary/aromatic N) is 2. The molecule has 0 aliphatic carbocycles. The molecule has 5 rings (SSSR count). The number of benzene rings is 2. The number of fused-ring (bicyclic) bond motifs is 1. The molecule has 3 atom stereocenters. The van der Waals surface area contributed by atoms with Crippen LogP contribution in [0.1, 0.15) is 46.3 Å². The molecule has 2 aromatic carbocycles. The summed E-state index contributed by atoms with van der Waals surface area (Å²) in [6.07, 6.45) is 5.03. The van der Waals surface area contributed by atoms with Gasteiger partial charge in [0, 0.05) is 35.8 Å². The molecule has 7 nitrogen and oxygen atoms in total. The van der Waals surface area contributed by atoms with Crippen LogP contribution in [0.25, 0.3) is 0 Å². The average Bonchev–Trinajstić information content (AvgIpc) is 3.52. The van der Waals surface area contributed by atoms with E-state index in [1.165, 1.54) is 0 Å². The number of likely N-dealkylation sites (tertiary alicyclic amines) is 1. The van der Waals surface area contributed by atoms with Crippen molar-refractivity contribution in [2.24, 2.45) is 5.73 Å². The molecule has 2 amide bonds. The Hall–Kier alpha value is -3.71. The van der Waals surface area contributed by atoms with Crippen molar-refractivity contribution >= 4 is 17.5 Å². The number of amides is 2. The van der Waals surface area contributed by atoms with Gasteiger partial charge < -0.3 is 20.7 Å². The molecule has 2 aliphatic heterocycles. The zero-order valence-corrected chi connectivity index (χ0v) is 18.2. The molecule has 2 aliphatic rings. The standard InChI is InChI=1S/C26H26N4O3/c27-24(17-7-9-18(10-8-17)25(31)29-19-11-13-28-14-12-19)22-5-3-15-30(22)26(32)21-16-33-23-6-2-1-4-20(21)23/h1-2,4,6-14,21-22,24H,3,5,15-16,27H2,(H,28,29,31)/t21?,22?,24-/m0/s1. The van der Waals surface area contributed by atoms with E-state index in [9.17, 15) is 9.59 Å². The van der Waals surface area contributed by atoms with Crippen LogP contribution in [0.2, 0.25) is 0 Å². The van der Waals surface area contributed by atoms with Gasteiger partial charge >= 0.3 is 0 Å². The zero-order chi connectivity index (χ0) is 22.8. The molecule has 1 fully saturated rings. The summed E-state index contributed by atoms with van der Waals surface area (Å²) in [6.45, 7) is 1.07. The van der Waals surface area contributed by atoms with Crippen LogP contribution in [-0.2, 0) is 4.79 Å². The summed E-state index contributed by atoms with van der Waals surface area (Å²) in [5.74, 6) is 0.384. The van der Waals surface area contributed by atoms with Gasteiger partial charge in [0.1, 0.15) is 18.3 Å². The number of pyridine rings is 1. The van der Waals surface area contributed by atoms with Gasteiger partial charge in [-0.15, -0.1) is 0 Å². The minimum atomic E-state index is -0.327. The van der Waals surface area contributed by atoms with Crippen molar-refractivity contribution in [2.45, 2.75) is 30.8 Å². The molecule has 1 aromatic heterocycles. The SMILES string of the molecule is N[C@@H](c1ccc(C(=O)Nc2ccncc2)cc1)C1CCCN1C(=O)C1COc2ccccc21. The van der Waals surface area contributed by atoms with E-state index in [0.29, 0.717) is 24.4 Å². The summed E-state index contributed by atoms with van der Waals surface area (Å²) >= 11 is 0. The molecule has 33 heavy (non-hydrogen) atoms. The van der Waals surface area contributed by atoms with Gasteiger partial charge in [-0.25, -0.2) is 0 Å². The summed E-state index contributed by atoms with van der Waals surface area (Å²) in [7, 11) is 0. The van der Waals surface area contributed by atoms with Crippen molar-refractivity contribution < 1.29 is 14.3 Å². The van der Waals surface area contributed by atoms with Gasteiger partial charge in [-0.2, -0.15) is 0 Å². The van der Waals surface area contributed by atoms with E-state index in [4.69, 9.17) is 10.5 Å². The Morgan fingerprint density at radius 1 is 1.06 bits per heavy atom. The van der Waals surface area contributed by atoms with E-state index in [1.54, 1.807) is 36.7 Å². The number of anilines is 1. The summed E-state index contributed by atoms with van der Waals surface area (Å²) < 4.78 is 5.73. The fourth-order valence-electron chi connectivity index (χ4n) is 4.72. The number of hydrogen-bond donors (Lipinski definition) is 2. The summed E-state index contributed by atoms with van der Waals surface area (Å²) in [5, 5.41) is 2.85. The fraction of sp³-hybridized carbons (Fsp3) is 0.269. The fourth-order valence-corrected chi connectivity index (χ4v) is 4.72. The first kappa shape index (κ1) is 21.2. The van der Waals surface area contributed by atoms with Crippen molar-refractivity contribution in [3.63, 3.8) is 0 Å². The van der Waals surface area contributed by atoms with Gasteiger partial charge in [0.15, 0.2) is 0 Å². The third kappa shape index (κ3) is 4.19. The predicted octanol–water partition coefficient (Wildman–Crippen LogP) is 3.50. The largest absolute Gasteiger partial charge is 0.492 e. The molecule has 168 valence electrons. The molecular weight excluding hydrogens is 416 g/mol. The predicted molar refractivity (Wildman–Crippen MR) is 125 cm³/mol. The first-order chi connectivity index (χ1) is 16.1. The molecule has 3 aromatic rings. The number of nitrogens with two attached hydrogens (primary N) is 1. The Kier molecular flexibility index (Phi) is 5.79. The van der Waals surface area contributed by atoms with Crippen LogP contribution in [0.4, 0.5) is 5.69 Å². The highest BCUT2D eigenvalue weighted by atomic mass is 16.5. The first-order valence-electron chi connectivity index (χ1n) is 11.2.